The number of likely N-dealkylation sites (tertiary alicyclic amines) is 1. The van der Waals surface area contributed by atoms with E-state index in [9.17, 15) is 14.9 Å². The number of rotatable bonds is 4. The van der Waals surface area contributed by atoms with Gasteiger partial charge in [0.05, 0.1) is 5.92 Å². The van der Waals surface area contributed by atoms with Crippen LogP contribution in [0.5, 0.6) is 0 Å². The lowest BCUT2D eigenvalue weighted by Gasteiger charge is -2.16. The molecule has 1 atom stereocenters. The predicted octanol–water partition coefficient (Wildman–Crippen LogP) is 2.36. The molecular weight excluding hydrogens is 308 g/mol. The van der Waals surface area contributed by atoms with Crippen molar-refractivity contribution in [2.45, 2.75) is 25.8 Å². The zero-order chi connectivity index (χ0) is 16.2. The minimum Gasteiger partial charge on any atom is -0.338 e. The molecule has 2 aliphatic heterocycles. The van der Waals surface area contributed by atoms with E-state index in [0.29, 0.717) is 18.0 Å². The fourth-order valence-electron chi connectivity index (χ4n) is 3.21. The van der Waals surface area contributed by atoms with E-state index >= 15 is 0 Å². The van der Waals surface area contributed by atoms with Gasteiger partial charge in [-0.25, -0.2) is 0 Å². The topological polar surface area (TPSA) is 61.2 Å². The van der Waals surface area contributed by atoms with Gasteiger partial charge in [0.1, 0.15) is 10.9 Å². The molecular formula is C18H20N2O2S. The molecule has 1 amide bonds. The predicted molar refractivity (Wildman–Crippen MR) is 92.2 cm³/mol. The molecule has 0 spiro atoms. The summed E-state index contributed by atoms with van der Waals surface area (Å²) in [5.41, 5.74) is 1.07. The SMILES string of the molecule is N#CC(C(=O)C1CC(=O)N(Cc2ccccc2)C1)=S1CCCC1. The Labute approximate surface area is 139 Å². The third-order valence-electron chi connectivity index (χ3n) is 4.45. The van der Waals surface area contributed by atoms with Crippen LogP contribution in [0.3, 0.4) is 0 Å². The van der Waals surface area contributed by atoms with E-state index in [1.807, 2.05) is 30.3 Å². The van der Waals surface area contributed by atoms with Crippen LogP contribution in [-0.4, -0.2) is 39.5 Å². The van der Waals surface area contributed by atoms with Crippen molar-refractivity contribution < 1.29 is 9.59 Å². The first-order chi connectivity index (χ1) is 11.2. The molecule has 0 N–H and O–H groups in total. The second-order valence-electron chi connectivity index (χ2n) is 6.07. The average Bonchev–Trinajstić information content (AvgIpc) is 3.20. The number of carbonyl (C=O) groups excluding carboxylic acids is 2. The molecule has 2 fully saturated rings. The van der Waals surface area contributed by atoms with E-state index in [0.717, 1.165) is 29.9 Å². The molecule has 2 heterocycles. The molecule has 0 bridgehead atoms. The minimum atomic E-state index is -0.339. The van der Waals surface area contributed by atoms with Crippen molar-refractivity contribution in [1.29, 1.82) is 5.26 Å². The largest absolute Gasteiger partial charge is 0.338 e. The lowest BCUT2D eigenvalue weighted by molar-refractivity contribution is -0.128. The van der Waals surface area contributed by atoms with E-state index in [1.165, 1.54) is 0 Å². The smallest absolute Gasteiger partial charge is 0.223 e. The van der Waals surface area contributed by atoms with Crippen LogP contribution in [0, 0.1) is 17.2 Å². The summed E-state index contributed by atoms with van der Waals surface area (Å²) in [6.07, 6.45) is 2.45. The minimum absolute atomic E-state index is 0.0132. The number of nitriles is 1. The number of ketones is 1. The fraction of sp³-hybridized carbons (Fsp3) is 0.444. The van der Waals surface area contributed by atoms with Crippen LogP contribution >= 0.6 is 10.5 Å². The summed E-state index contributed by atoms with van der Waals surface area (Å²) in [5, 5.41) is 9.38. The van der Waals surface area contributed by atoms with Gasteiger partial charge in [-0.15, -0.1) is 0 Å². The van der Waals surface area contributed by atoms with Crippen molar-refractivity contribution >= 4 is 27.0 Å². The Morgan fingerprint density at radius 3 is 2.61 bits per heavy atom. The second kappa shape index (κ2) is 7.10. The van der Waals surface area contributed by atoms with Crippen LogP contribution in [-0.2, 0) is 16.1 Å². The Hall–Kier alpha value is -1.93. The number of amides is 1. The highest BCUT2D eigenvalue weighted by atomic mass is 32.2. The van der Waals surface area contributed by atoms with Gasteiger partial charge in [-0.1, -0.05) is 30.3 Å². The molecule has 1 unspecified atom stereocenters. The van der Waals surface area contributed by atoms with Crippen LogP contribution in [0.2, 0.25) is 0 Å². The first kappa shape index (κ1) is 15.9. The monoisotopic (exact) mass is 328 g/mol. The maximum Gasteiger partial charge on any atom is 0.223 e. The van der Waals surface area contributed by atoms with Crippen molar-refractivity contribution in [3.63, 3.8) is 0 Å². The lowest BCUT2D eigenvalue weighted by Crippen LogP contribution is -2.28. The van der Waals surface area contributed by atoms with Crippen molar-refractivity contribution in [1.82, 2.24) is 4.90 Å². The first-order valence-electron chi connectivity index (χ1n) is 7.99. The van der Waals surface area contributed by atoms with Crippen LogP contribution in [0.15, 0.2) is 30.3 Å². The van der Waals surface area contributed by atoms with E-state index in [2.05, 4.69) is 6.07 Å². The highest BCUT2D eigenvalue weighted by molar-refractivity contribution is 8.17. The molecule has 1 aromatic rings. The van der Waals surface area contributed by atoms with Crippen molar-refractivity contribution in [3.8, 4) is 6.07 Å². The van der Waals surface area contributed by atoms with Gasteiger partial charge in [0, 0.05) is 19.5 Å². The zero-order valence-electron chi connectivity index (χ0n) is 13.0. The van der Waals surface area contributed by atoms with Gasteiger partial charge in [-0.2, -0.15) is 15.7 Å². The van der Waals surface area contributed by atoms with Gasteiger partial charge in [0.25, 0.3) is 0 Å². The number of carbonyl (C=O) groups is 2. The van der Waals surface area contributed by atoms with Gasteiger partial charge in [-0.3, -0.25) is 9.59 Å². The Morgan fingerprint density at radius 2 is 1.96 bits per heavy atom. The van der Waals surface area contributed by atoms with Gasteiger partial charge in [0.2, 0.25) is 5.91 Å². The Morgan fingerprint density at radius 1 is 1.26 bits per heavy atom. The number of hydrogen-bond acceptors (Lipinski definition) is 3. The standard InChI is InChI=1S/C18H20N2O2S/c19-11-16(23-8-4-5-9-23)18(22)15-10-17(21)20(13-15)12-14-6-2-1-3-7-14/h1-3,6-7,15H,4-5,8-10,12-13H2. The Bertz CT molecular complexity index is 683. The molecule has 2 saturated heterocycles. The third-order valence-corrected chi connectivity index (χ3v) is 6.88. The molecule has 0 aromatic heterocycles. The van der Waals surface area contributed by atoms with Gasteiger partial charge in [0.15, 0.2) is 5.78 Å². The molecule has 0 radical (unpaired) electrons. The van der Waals surface area contributed by atoms with Crippen molar-refractivity contribution in [3.05, 3.63) is 35.9 Å². The summed E-state index contributed by atoms with van der Waals surface area (Å²) in [7, 11) is -0.175. The van der Waals surface area contributed by atoms with Crippen LogP contribution < -0.4 is 0 Å². The van der Waals surface area contributed by atoms with Crippen LogP contribution in [0.4, 0.5) is 0 Å². The molecule has 3 rings (SSSR count). The first-order valence-corrected chi connectivity index (χ1v) is 9.56. The number of Topliss-reactive ketones (excluding diaryl/α,β-unsaturated/α-hetero) is 1. The molecule has 23 heavy (non-hydrogen) atoms. The lowest BCUT2D eigenvalue weighted by atomic mass is 10.0. The molecule has 1 aromatic carbocycles. The molecule has 5 heteroatoms. The maximum atomic E-state index is 12.7. The summed E-state index contributed by atoms with van der Waals surface area (Å²) >= 11 is 0. The van der Waals surface area contributed by atoms with Crippen molar-refractivity contribution in [2.75, 3.05) is 18.1 Å². The number of nitrogens with zero attached hydrogens (tertiary/aromatic N) is 2. The van der Waals surface area contributed by atoms with E-state index in [4.69, 9.17) is 0 Å². The second-order valence-corrected chi connectivity index (χ2v) is 8.28. The summed E-state index contributed by atoms with van der Waals surface area (Å²) in [6.45, 7) is 0.978. The Balaban J connectivity index is 1.71. The quantitative estimate of drug-likeness (QED) is 0.797. The Kier molecular flexibility index (Phi) is 4.92. The number of benzene rings is 1. The summed E-state index contributed by atoms with van der Waals surface area (Å²) in [6, 6.07) is 11.9. The maximum absolute atomic E-state index is 12.7. The normalized spacial score (nSPS) is 21.4. The zero-order valence-corrected chi connectivity index (χ0v) is 13.8. The molecule has 0 saturated carbocycles. The fourth-order valence-corrected chi connectivity index (χ4v) is 5.51. The van der Waals surface area contributed by atoms with E-state index in [-0.39, 0.29) is 34.5 Å². The average molecular weight is 328 g/mol. The van der Waals surface area contributed by atoms with Gasteiger partial charge >= 0.3 is 0 Å². The molecule has 2 aliphatic rings. The van der Waals surface area contributed by atoms with Crippen molar-refractivity contribution in [2.24, 2.45) is 5.92 Å². The van der Waals surface area contributed by atoms with E-state index < -0.39 is 0 Å². The molecule has 120 valence electrons. The molecule has 4 nitrogen and oxygen atoms in total. The third kappa shape index (κ3) is 3.53. The van der Waals surface area contributed by atoms with Gasteiger partial charge < -0.3 is 4.90 Å². The highest BCUT2D eigenvalue weighted by Crippen LogP contribution is 2.29. The van der Waals surface area contributed by atoms with Crippen LogP contribution in [0.25, 0.3) is 0 Å². The highest BCUT2D eigenvalue weighted by Gasteiger charge is 2.36. The summed E-state index contributed by atoms with van der Waals surface area (Å²) in [4.78, 5) is 27.1. The van der Waals surface area contributed by atoms with Gasteiger partial charge in [-0.05, 0) is 29.9 Å². The number of hydrogen-bond donors (Lipinski definition) is 0. The summed E-state index contributed by atoms with van der Waals surface area (Å²) in [5.74, 6) is 1.52. The van der Waals surface area contributed by atoms with Crippen LogP contribution in [0.1, 0.15) is 24.8 Å². The molecule has 0 aliphatic carbocycles. The van der Waals surface area contributed by atoms with E-state index in [1.54, 1.807) is 4.90 Å². The summed E-state index contributed by atoms with van der Waals surface area (Å²) < 4.78 is 0.